The molecule has 1 N–H and O–H groups in total. The van der Waals surface area contributed by atoms with Gasteiger partial charge in [-0.05, 0) is 57.0 Å². The molecule has 0 radical (unpaired) electrons. The second-order valence-corrected chi connectivity index (χ2v) is 7.84. The fraction of sp³-hybridized carbons (Fsp3) is 0.238. The molecule has 6 nitrogen and oxygen atoms in total. The van der Waals surface area contributed by atoms with Crippen LogP contribution in [0.5, 0.6) is 0 Å². The molecule has 0 bridgehead atoms. The smallest absolute Gasteiger partial charge is 0.224 e. The van der Waals surface area contributed by atoms with Gasteiger partial charge in [-0.25, -0.2) is 14.6 Å². The first kappa shape index (κ1) is 18.3. The highest BCUT2D eigenvalue weighted by Gasteiger charge is 2.08. The van der Waals surface area contributed by atoms with Crippen LogP contribution in [-0.4, -0.2) is 25.7 Å². The number of aromatic nitrogens is 4. The number of hydrogen-bond acceptors (Lipinski definition) is 5. The minimum Gasteiger partial charge on any atom is -0.325 e. The fourth-order valence-electron chi connectivity index (χ4n) is 3.10. The molecule has 1 aromatic carbocycles. The van der Waals surface area contributed by atoms with Crippen LogP contribution in [-0.2, 0) is 11.2 Å². The maximum Gasteiger partial charge on any atom is 0.224 e. The van der Waals surface area contributed by atoms with Gasteiger partial charge >= 0.3 is 0 Å². The molecular weight excluding hydrogens is 370 g/mol. The number of carbonyl (C=O) groups is 1. The largest absolute Gasteiger partial charge is 0.325 e. The number of fused-ring (bicyclic) bond motifs is 1. The number of para-hydroxylation sites is 1. The summed E-state index contributed by atoms with van der Waals surface area (Å²) in [5.74, 6) is 0.723. The van der Waals surface area contributed by atoms with Crippen molar-refractivity contribution in [2.75, 3.05) is 5.32 Å². The van der Waals surface area contributed by atoms with E-state index in [9.17, 15) is 4.79 Å². The molecule has 3 heterocycles. The predicted molar refractivity (Wildman–Crippen MR) is 112 cm³/mol. The first-order valence-electron chi connectivity index (χ1n) is 9.22. The summed E-state index contributed by atoms with van der Waals surface area (Å²) >= 11 is 1.69. The van der Waals surface area contributed by atoms with Crippen LogP contribution in [0.3, 0.4) is 0 Å². The summed E-state index contributed by atoms with van der Waals surface area (Å²) in [5.41, 5.74) is 3.69. The van der Waals surface area contributed by atoms with Crippen molar-refractivity contribution in [3.8, 4) is 5.82 Å². The lowest BCUT2D eigenvalue weighted by Crippen LogP contribution is -2.12. The van der Waals surface area contributed by atoms with E-state index in [1.807, 2.05) is 50.2 Å². The highest BCUT2D eigenvalue weighted by Crippen LogP contribution is 2.22. The summed E-state index contributed by atoms with van der Waals surface area (Å²) in [6.07, 6.45) is 3.69. The molecule has 28 heavy (non-hydrogen) atoms. The molecule has 7 heteroatoms. The van der Waals surface area contributed by atoms with Gasteiger partial charge in [0.25, 0.3) is 0 Å². The number of amides is 1. The van der Waals surface area contributed by atoms with Gasteiger partial charge in [0, 0.05) is 12.1 Å². The zero-order valence-corrected chi connectivity index (χ0v) is 16.7. The standard InChI is InChI=1S/C21H21N5OS/c1-14-12-15(2)26(25-14)19-11-10-16(13-22-19)23-20(27)8-5-9-21-24-17-6-3-4-7-18(17)28-21/h3-4,6-7,10-13H,5,8-9H2,1-2H3,(H,23,27). The second kappa shape index (κ2) is 7.90. The van der Waals surface area contributed by atoms with Crippen LogP contribution in [0, 0.1) is 13.8 Å². The molecule has 4 rings (SSSR count). The maximum absolute atomic E-state index is 12.2. The number of thiazole rings is 1. The molecule has 0 saturated heterocycles. The average molecular weight is 392 g/mol. The first-order chi connectivity index (χ1) is 13.6. The normalized spacial score (nSPS) is 11.1. The summed E-state index contributed by atoms with van der Waals surface area (Å²) in [7, 11) is 0. The maximum atomic E-state index is 12.2. The van der Waals surface area contributed by atoms with Gasteiger partial charge in [0.15, 0.2) is 5.82 Å². The molecule has 0 atom stereocenters. The van der Waals surface area contributed by atoms with Gasteiger partial charge in [0.05, 0.1) is 32.8 Å². The molecule has 0 saturated carbocycles. The number of anilines is 1. The van der Waals surface area contributed by atoms with Crippen molar-refractivity contribution < 1.29 is 4.79 Å². The third-order valence-corrected chi connectivity index (χ3v) is 5.49. The lowest BCUT2D eigenvalue weighted by atomic mass is 10.2. The lowest BCUT2D eigenvalue weighted by Gasteiger charge is -2.07. The minimum atomic E-state index is -0.0122. The minimum absolute atomic E-state index is 0.0122. The number of nitrogens with one attached hydrogen (secondary N) is 1. The number of pyridine rings is 1. The van der Waals surface area contributed by atoms with Crippen LogP contribution in [0.1, 0.15) is 29.2 Å². The van der Waals surface area contributed by atoms with Gasteiger partial charge in [0.1, 0.15) is 0 Å². The molecule has 4 aromatic rings. The topological polar surface area (TPSA) is 72.7 Å². The summed E-state index contributed by atoms with van der Waals surface area (Å²) < 4.78 is 2.98. The van der Waals surface area contributed by atoms with Crippen molar-refractivity contribution >= 4 is 33.1 Å². The van der Waals surface area contributed by atoms with Crippen molar-refractivity contribution in [3.05, 3.63) is 65.1 Å². The Morgan fingerprint density at radius 2 is 2.04 bits per heavy atom. The van der Waals surface area contributed by atoms with Crippen molar-refractivity contribution in [2.24, 2.45) is 0 Å². The van der Waals surface area contributed by atoms with E-state index in [0.29, 0.717) is 12.1 Å². The van der Waals surface area contributed by atoms with Crippen molar-refractivity contribution in [1.82, 2.24) is 19.7 Å². The van der Waals surface area contributed by atoms with Crippen molar-refractivity contribution in [2.45, 2.75) is 33.1 Å². The quantitative estimate of drug-likeness (QED) is 0.527. The Kier molecular flexibility index (Phi) is 5.16. The van der Waals surface area contributed by atoms with Gasteiger partial charge in [-0.15, -0.1) is 11.3 Å². The van der Waals surface area contributed by atoms with Gasteiger partial charge in [-0.2, -0.15) is 5.10 Å². The van der Waals surface area contributed by atoms with E-state index in [1.165, 1.54) is 4.70 Å². The number of carbonyl (C=O) groups excluding carboxylic acids is 1. The van der Waals surface area contributed by atoms with Gasteiger partial charge in [0.2, 0.25) is 5.91 Å². The van der Waals surface area contributed by atoms with E-state index in [-0.39, 0.29) is 5.91 Å². The highest BCUT2D eigenvalue weighted by atomic mass is 32.1. The summed E-state index contributed by atoms with van der Waals surface area (Å²) in [6.45, 7) is 3.94. The average Bonchev–Trinajstić information content (AvgIpc) is 3.24. The second-order valence-electron chi connectivity index (χ2n) is 6.72. The first-order valence-corrected chi connectivity index (χ1v) is 10.0. The fourth-order valence-corrected chi connectivity index (χ4v) is 4.11. The zero-order valence-electron chi connectivity index (χ0n) is 15.8. The summed E-state index contributed by atoms with van der Waals surface area (Å²) in [6, 6.07) is 13.8. The Morgan fingerprint density at radius 3 is 2.75 bits per heavy atom. The van der Waals surface area contributed by atoms with E-state index >= 15 is 0 Å². The molecule has 0 aliphatic carbocycles. The number of aryl methyl sites for hydroxylation is 3. The van der Waals surface area contributed by atoms with E-state index in [1.54, 1.807) is 22.2 Å². The van der Waals surface area contributed by atoms with Crippen LogP contribution in [0.15, 0.2) is 48.7 Å². The van der Waals surface area contributed by atoms with Gasteiger partial charge < -0.3 is 5.32 Å². The Hall–Kier alpha value is -3.06. The van der Waals surface area contributed by atoms with E-state index in [4.69, 9.17) is 0 Å². The molecule has 0 aliphatic heterocycles. The molecule has 0 unspecified atom stereocenters. The van der Waals surface area contributed by atoms with Gasteiger partial charge in [-0.3, -0.25) is 4.79 Å². The predicted octanol–water partition coefficient (Wildman–Crippen LogP) is 4.46. The Balaban J connectivity index is 1.30. The molecule has 3 aromatic heterocycles. The summed E-state index contributed by atoms with van der Waals surface area (Å²) in [5, 5.41) is 8.40. The van der Waals surface area contributed by atoms with Crippen LogP contribution in [0.25, 0.3) is 16.0 Å². The number of rotatable bonds is 6. The van der Waals surface area contributed by atoms with E-state index in [0.717, 1.165) is 40.6 Å². The lowest BCUT2D eigenvalue weighted by molar-refractivity contribution is -0.116. The van der Waals surface area contributed by atoms with E-state index < -0.39 is 0 Å². The SMILES string of the molecule is Cc1cc(C)n(-c2ccc(NC(=O)CCCc3nc4ccccc4s3)cn2)n1. The number of nitrogens with zero attached hydrogens (tertiary/aromatic N) is 4. The summed E-state index contributed by atoms with van der Waals surface area (Å²) in [4.78, 5) is 21.2. The van der Waals surface area contributed by atoms with Gasteiger partial charge in [-0.1, -0.05) is 12.1 Å². The van der Waals surface area contributed by atoms with E-state index in [2.05, 4.69) is 26.4 Å². The monoisotopic (exact) mass is 391 g/mol. The van der Waals surface area contributed by atoms with Crippen molar-refractivity contribution in [3.63, 3.8) is 0 Å². The Morgan fingerprint density at radius 1 is 1.18 bits per heavy atom. The molecular formula is C21H21N5OS. The molecule has 0 spiro atoms. The number of hydrogen-bond donors (Lipinski definition) is 1. The van der Waals surface area contributed by atoms with Crippen LogP contribution < -0.4 is 5.32 Å². The third kappa shape index (κ3) is 4.09. The van der Waals surface area contributed by atoms with Crippen LogP contribution >= 0.6 is 11.3 Å². The zero-order chi connectivity index (χ0) is 19.5. The van der Waals surface area contributed by atoms with Crippen LogP contribution in [0.4, 0.5) is 5.69 Å². The Labute approximate surface area is 167 Å². The highest BCUT2D eigenvalue weighted by molar-refractivity contribution is 7.18. The molecule has 142 valence electrons. The third-order valence-electron chi connectivity index (χ3n) is 4.39. The molecule has 1 amide bonds. The molecule has 0 fully saturated rings. The number of benzene rings is 1. The van der Waals surface area contributed by atoms with Crippen LogP contribution in [0.2, 0.25) is 0 Å². The van der Waals surface area contributed by atoms with Crippen molar-refractivity contribution in [1.29, 1.82) is 0 Å². The molecule has 0 aliphatic rings. The Bertz CT molecular complexity index is 1080.